The first-order chi connectivity index (χ1) is 9.61. The summed E-state index contributed by atoms with van der Waals surface area (Å²) in [5.74, 6) is 0.0925. The molecule has 1 aromatic carbocycles. The zero-order valence-corrected chi connectivity index (χ0v) is 12.2. The fourth-order valence-corrected chi connectivity index (χ4v) is 2.20. The standard InChI is InChI=1S/C16H20N2O2/c1-12-9-14(13(2)19)5-6-16(12)15-10-17-18(11-15)7-4-8-20-3/h5-6,9-11H,4,7-8H2,1-3H3. The molecule has 0 amide bonds. The molecule has 1 heterocycles. The monoisotopic (exact) mass is 272 g/mol. The van der Waals surface area contributed by atoms with E-state index in [0.29, 0.717) is 0 Å². The number of ketones is 1. The summed E-state index contributed by atoms with van der Waals surface area (Å²) >= 11 is 0. The quantitative estimate of drug-likeness (QED) is 0.599. The summed E-state index contributed by atoms with van der Waals surface area (Å²) in [6, 6.07) is 5.79. The van der Waals surface area contributed by atoms with Gasteiger partial charge in [0.2, 0.25) is 0 Å². The first kappa shape index (κ1) is 14.5. The number of ether oxygens (including phenoxy) is 1. The largest absolute Gasteiger partial charge is 0.385 e. The maximum absolute atomic E-state index is 11.4. The molecule has 2 rings (SSSR count). The molecule has 0 unspecified atom stereocenters. The van der Waals surface area contributed by atoms with E-state index in [1.54, 1.807) is 14.0 Å². The number of carbonyl (C=O) groups excluding carboxylic acids is 1. The van der Waals surface area contributed by atoms with Gasteiger partial charge in [-0.05, 0) is 37.5 Å². The van der Waals surface area contributed by atoms with Crippen LogP contribution in [0.25, 0.3) is 11.1 Å². The molecule has 0 fully saturated rings. The number of hydrogen-bond donors (Lipinski definition) is 0. The highest BCUT2D eigenvalue weighted by atomic mass is 16.5. The van der Waals surface area contributed by atoms with Crippen molar-refractivity contribution in [3.63, 3.8) is 0 Å². The molecular formula is C16H20N2O2. The van der Waals surface area contributed by atoms with E-state index in [-0.39, 0.29) is 5.78 Å². The van der Waals surface area contributed by atoms with Crippen LogP contribution in [-0.2, 0) is 11.3 Å². The van der Waals surface area contributed by atoms with Crippen molar-refractivity contribution in [2.45, 2.75) is 26.8 Å². The van der Waals surface area contributed by atoms with Gasteiger partial charge in [0.25, 0.3) is 0 Å². The van der Waals surface area contributed by atoms with Crippen LogP contribution in [0, 0.1) is 6.92 Å². The minimum absolute atomic E-state index is 0.0925. The van der Waals surface area contributed by atoms with Gasteiger partial charge in [-0.3, -0.25) is 9.48 Å². The molecule has 0 saturated carbocycles. The van der Waals surface area contributed by atoms with Crippen LogP contribution in [0.4, 0.5) is 0 Å². The summed E-state index contributed by atoms with van der Waals surface area (Å²) in [7, 11) is 1.70. The minimum atomic E-state index is 0.0925. The lowest BCUT2D eigenvalue weighted by molar-refractivity contribution is 0.101. The first-order valence-corrected chi connectivity index (χ1v) is 6.75. The molecule has 4 nitrogen and oxygen atoms in total. The van der Waals surface area contributed by atoms with E-state index in [1.807, 2.05) is 42.2 Å². The Hall–Kier alpha value is -1.94. The molecule has 106 valence electrons. The molecule has 0 atom stereocenters. The van der Waals surface area contributed by atoms with E-state index in [2.05, 4.69) is 5.10 Å². The van der Waals surface area contributed by atoms with Crippen LogP contribution in [0.15, 0.2) is 30.6 Å². The molecule has 0 spiro atoms. The van der Waals surface area contributed by atoms with Crippen LogP contribution < -0.4 is 0 Å². The third-order valence-corrected chi connectivity index (χ3v) is 3.31. The van der Waals surface area contributed by atoms with Crippen molar-refractivity contribution in [3.05, 3.63) is 41.7 Å². The molecule has 4 heteroatoms. The molecular weight excluding hydrogens is 252 g/mol. The number of methoxy groups -OCH3 is 1. The van der Waals surface area contributed by atoms with E-state index >= 15 is 0 Å². The van der Waals surface area contributed by atoms with Gasteiger partial charge >= 0.3 is 0 Å². The number of Topliss-reactive ketones (excluding diaryl/α,β-unsaturated/α-hetero) is 1. The van der Waals surface area contributed by atoms with Gasteiger partial charge < -0.3 is 4.74 Å². The van der Waals surface area contributed by atoms with Crippen LogP contribution >= 0.6 is 0 Å². The second kappa shape index (κ2) is 6.48. The SMILES string of the molecule is COCCCn1cc(-c2ccc(C(C)=O)cc2C)cn1. The highest BCUT2D eigenvalue weighted by Gasteiger charge is 2.07. The Morgan fingerprint density at radius 2 is 2.20 bits per heavy atom. The lowest BCUT2D eigenvalue weighted by atomic mass is 9.99. The van der Waals surface area contributed by atoms with Crippen molar-refractivity contribution in [3.8, 4) is 11.1 Å². The van der Waals surface area contributed by atoms with Gasteiger partial charge in [0.05, 0.1) is 6.20 Å². The third-order valence-electron chi connectivity index (χ3n) is 3.31. The Bertz CT molecular complexity index is 602. The molecule has 0 radical (unpaired) electrons. The molecule has 0 aliphatic heterocycles. The van der Waals surface area contributed by atoms with Crippen molar-refractivity contribution in [2.24, 2.45) is 0 Å². The van der Waals surface area contributed by atoms with Gasteiger partial charge in [0.15, 0.2) is 5.78 Å². The van der Waals surface area contributed by atoms with Crippen LogP contribution in [-0.4, -0.2) is 29.3 Å². The lowest BCUT2D eigenvalue weighted by Gasteiger charge is -2.05. The Balaban J connectivity index is 2.17. The molecule has 0 N–H and O–H groups in total. The molecule has 0 bridgehead atoms. The van der Waals surface area contributed by atoms with Gasteiger partial charge in [-0.25, -0.2) is 0 Å². The first-order valence-electron chi connectivity index (χ1n) is 6.75. The summed E-state index contributed by atoms with van der Waals surface area (Å²) in [6.45, 7) is 5.19. The second-order valence-corrected chi connectivity index (χ2v) is 4.92. The van der Waals surface area contributed by atoms with E-state index in [0.717, 1.165) is 41.8 Å². The number of rotatable bonds is 6. The summed E-state index contributed by atoms with van der Waals surface area (Å²) in [6.07, 6.45) is 4.84. The second-order valence-electron chi connectivity index (χ2n) is 4.92. The fraction of sp³-hybridized carbons (Fsp3) is 0.375. The van der Waals surface area contributed by atoms with Gasteiger partial charge in [-0.1, -0.05) is 12.1 Å². The van der Waals surface area contributed by atoms with Crippen LogP contribution in [0.1, 0.15) is 29.3 Å². The smallest absolute Gasteiger partial charge is 0.159 e. The van der Waals surface area contributed by atoms with Crippen LogP contribution in [0.3, 0.4) is 0 Å². The number of aryl methyl sites for hydroxylation is 2. The zero-order chi connectivity index (χ0) is 14.5. The number of carbonyl (C=O) groups is 1. The van der Waals surface area contributed by atoms with Crippen molar-refractivity contribution in [1.29, 1.82) is 0 Å². The van der Waals surface area contributed by atoms with E-state index in [9.17, 15) is 4.79 Å². The summed E-state index contributed by atoms with van der Waals surface area (Å²) < 4.78 is 6.96. The van der Waals surface area contributed by atoms with Gasteiger partial charge in [0, 0.05) is 37.6 Å². The lowest BCUT2D eigenvalue weighted by Crippen LogP contribution is -2.01. The van der Waals surface area contributed by atoms with Crippen LogP contribution in [0.5, 0.6) is 0 Å². The van der Waals surface area contributed by atoms with Gasteiger partial charge in [-0.2, -0.15) is 5.10 Å². The topological polar surface area (TPSA) is 44.1 Å². The average Bonchev–Trinajstić information content (AvgIpc) is 2.87. The highest BCUT2D eigenvalue weighted by Crippen LogP contribution is 2.24. The Morgan fingerprint density at radius 3 is 2.85 bits per heavy atom. The number of benzene rings is 1. The Labute approximate surface area is 119 Å². The molecule has 2 aromatic rings. The highest BCUT2D eigenvalue weighted by molar-refractivity contribution is 5.94. The maximum Gasteiger partial charge on any atom is 0.159 e. The number of hydrogen-bond acceptors (Lipinski definition) is 3. The van der Waals surface area contributed by atoms with Crippen LogP contribution in [0.2, 0.25) is 0 Å². The van der Waals surface area contributed by atoms with E-state index in [4.69, 9.17) is 4.74 Å². The fourth-order valence-electron chi connectivity index (χ4n) is 2.20. The summed E-state index contributed by atoms with van der Waals surface area (Å²) in [5, 5.41) is 4.36. The van der Waals surface area contributed by atoms with Crippen molar-refractivity contribution in [2.75, 3.05) is 13.7 Å². The van der Waals surface area contributed by atoms with E-state index < -0.39 is 0 Å². The number of nitrogens with zero attached hydrogens (tertiary/aromatic N) is 2. The number of aromatic nitrogens is 2. The van der Waals surface area contributed by atoms with Gasteiger partial charge in [0.1, 0.15) is 0 Å². The molecule has 1 aromatic heterocycles. The van der Waals surface area contributed by atoms with Crippen molar-refractivity contribution >= 4 is 5.78 Å². The maximum atomic E-state index is 11.4. The van der Waals surface area contributed by atoms with Crippen molar-refractivity contribution < 1.29 is 9.53 Å². The normalized spacial score (nSPS) is 10.8. The molecule has 20 heavy (non-hydrogen) atoms. The van der Waals surface area contributed by atoms with Crippen molar-refractivity contribution in [1.82, 2.24) is 9.78 Å². The zero-order valence-electron chi connectivity index (χ0n) is 12.2. The minimum Gasteiger partial charge on any atom is -0.385 e. The Kier molecular flexibility index (Phi) is 4.69. The predicted molar refractivity (Wildman–Crippen MR) is 78.9 cm³/mol. The summed E-state index contributed by atoms with van der Waals surface area (Å²) in [4.78, 5) is 11.4. The molecule has 0 aliphatic carbocycles. The summed E-state index contributed by atoms with van der Waals surface area (Å²) in [5.41, 5.74) is 4.04. The third kappa shape index (κ3) is 3.33. The molecule has 0 saturated heterocycles. The predicted octanol–water partition coefficient (Wildman–Crippen LogP) is 3.10. The Morgan fingerprint density at radius 1 is 1.40 bits per heavy atom. The average molecular weight is 272 g/mol. The molecule has 0 aliphatic rings. The van der Waals surface area contributed by atoms with E-state index in [1.165, 1.54) is 0 Å². The van der Waals surface area contributed by atoms with Gasteiger partial charge in [-0.15, -0.1) is 0 Å².